The maximum Gasteiger partial charge on any atom is 0.407 e. The summed E-state index contributed by atoms with van der Waals surface area (Å²) in [5, 5.41) is 2.55. The molecular formula is C32H35N7O4. The molecule has 0 radical (unpaired) electrons. The number of nitrogens with zero attached hydrogens (tertiary/aromatic N) is 4. The number of rotatable bonds is 8. The van der Waals surface area contributed by atoms with Gasteiger partial charge in [0.25, 0.3) is 0 Å². The SMILES string of the molecule is COC(=O)N[C@@H](C)C(=O)N1CCC[C@H]1c1ncc(-c2ccc(-c3ccc(-c4cnc([C@@H]5CCCN5C=O)[nH]4)cc3)cc2)[nH]1. The molecule has 2 aliphatic rings. The van der Waals surface area contributed by atoms with E-state index in [1.165, 1.54) is 7.11 Å². The van der Waals surface area contributed by atoms with Crippen molar-refractivity contribution in [2.45, 2.75) is 50.7 Å². The van der Waals surface area contributed by atoms with Crippen molar-refractivity contribution >= 4 is 18.4 Å². The van der Waals surface area contributed by atoms with Gasteiger partial charge in [-0.3, -0.25) is 9.59 Å². The zero-order valence-corrected chi connectivity index (χ0v) is 24.2. The number of amides is 3. The normalized spacial score (nSPS) is 18.9. The molecule has 11 nitrogen and oxygen atoms in total. The van der Waals surface area contributed by atoms with Crippen LogP contribution in [0.4, 0.5) is 4.79 Å². The molecule has 3 atom stereocenters. The monoisotopic (exact) mass is 581 g/mol. The minimum atomic E-state index is -0.688. The number of H-pyrrole nitrogens is 2. The van der Waals surface area contributed by atoms with E-state index in [0.29, 0.717) is 6.54 Å². The number of carbonyl (C=O) groups excluding carboxylic acids is 3. The van der Waals surface area contributed by atoms with E-state index >= 15 is 0 Å². The van der Waals surface area contributed by atoms with Crippen LogP contribution in [0.25, 0.3) is 33.6 Å². The van der Waals surface area contributed by atoms with Crippen molar-refractivity contribution in [1.29, 1.82) is 0 Å². The molecule has 2 fully saturated rings. The van der Waals surface area contributed by atoms with Gasteiger partial charge in [-0.15, -0.1) is 0 Å². The van der Waals surface area contributed by atoms with Gasteiger partial charge in [0, 0.05) is 13.1 Å². The maximum atomic E-state index is 13.0. The first-order chi connectivity index (χ1) is 20.9. The number of hydrogen-bond acceptors (Lipinski definition) is 6. The van der Waals surface area contributed by atoms with Crippen LogP contribution < -0.4 is 5.32 Å². The Morgan fingerprint density at radius 3 is 1.93 bits per heavy atom. The quantitative estimate of drug-likeness (QED) is 0.255. The van der Waals surface area contributed by atoms with E-state index in [0.717, 1.165) is 83.9 Å². The lowest BCUT2D eigenvalue weighted by atomic mass is 10.0. The molecule has 3 N–H and O–H groups in total. The number of aromatic amines is 2. The molecule has 2 aromatic heterocycles. The zero-order valence-electron chi connectivity index (χ0n) is 24.2. The first kappa shape index (κ1) is 28.2. The lowest BCUT2D eigenvalue weighted by molar-refractivity contribution is -0.134. The summed E-state index contributed by atoms with van der Waals surface area (Å²) in [5.41, 5.74) is 6.03. The molecule has 0 aliphatic carbocycles. The zero-order chi connectivity index (χ0) is 29.9. The third-order valence-corrected chi connectivity index (χ3v) is 8.40. The Labute approximate surface area is 249 Å². The number of likely N-dealkylation sites (tertiary alicyclic amines) is 2. The number of nitrogens with one attached hydrogen (secondary N) is 3. The number of hydrogen-bond donors (Lipinski definition) is 3. The van der Waals surface area contributed by atoms with Crippen LogP contribution in [-0.4, -0.2) is 74.4 Å². The van der Waals surface area contributed by atoms with Crippen LogP contribution in [0.1, 0.15) is 56.3 Å². The Morgan fingerprint density at radius 2 is 1.37 bits per heavy atom. The lowest BCUT2D eigenvalue weighted by Crippen LogP contribution is -2.46. The molecule has 11 heteroatoms. The van der Waals surface area contributed by atoms with Gasteiger partial charge in [0.15, 0.2) is 0 Å². The maximum absolute atomic E-state index is 13.0. The molecule has 0 bridgehead atoms. The van der Waals surface area contributed by atoms with Gasteiger partial charge in [0.05, 0.1) is 43.0 Å². The van der Waals surface area contributed by atoms with Crippen LogP contribution in [-0.2, 0) is 14.3 Å². The average molecular weight is 582 g/mol. The average Bonchev–Trinajstić information content (AvgIpc) is 3.86. The summed E-state index contributed by atoms with van der Waals surface area (Å²) in [6.07, 6.45) is 7.50. The van der Waals surface area contributed by atoms with Gasteiger partial charge in [0.1, 0.15) is 17.7 Å². The second kappa shape index (κ2) is 12.1. The minimum Gasteiger partial charge on any atom is -0.453 e. The fourth-order valence-corrected chi connectivity index (χ4v) is 6.06. The van der Waals surface area contributed by atoms with Gasteiger partial charge in [-0.25, -0.2) is 14.8 Å². The number of aromatic nitrogens is 4. The van der Waals surface area contributed by atoms with E-state index in [9.17, 15) is 14.4 Å². The summed E-state index contributed by atoms with van der Waals surface area (Å²) in [6, 6.07) is 15.8. The van der Waals surface area contributed by atoms with Crippen LogP contribution in [0, 0.1) is 0 Å². The van der Waals surface area contributed by atoms with Gasteiger partial charge < -0.3 is 29.8 Å². The van der Waals surface area contributed by atoms with E-state index in [-0.39, 0.29) is 18.0 Å². The Kier molecular flexibility index (Phi) is 7.95. The van der Waals surface area contributed by atoms with E-state index in [2.05, 4.69) is 78.5 Å². The lowest BCUT2D eigenvalue weighted by Gasteiger charge is -2.26. The standard InChI is InChI=1S/C32H35N7O4/c1-20(35-32(42)43-2)31(41)39-16-4-6-28(39)30-34-18-26(37-30)24-13-9-22(10-14-24)21-7-11-23(12-8-21)25-17-33-29(36-25)27-5-3-15-38(27)19-40/h7-14,17-20,27-28H,3-6,15-16H2,1-2H3,(H,33,36)(H,34,37)(H,35,42)/t20-,27-,28-/m0/s1. The Morgan fingerprint density at radius 1 is 0.860 bits per heavy atom. The minimum absolute atomic E-state index is 0.0219. The molecule has 2 aromatic carbocycles. The topological polar surface area (TPSA) is 136 Å². The van der Waals surface area contributed by atoms with Crippen molar-refractivity contribution in [1.82, 2.24) is 35.1 Å². The van der Waals surface area contributed by atoms with Crippen LogP contribution >= 0.6 is 0 Å². The number of benzene rings is 2. The van der Waals surface area contributed by atoms with Gasteiger partial charge in [-0.05, 0) is 54.9 Å². The van der Waals surface area contributed by atoms with Crippen LogP contribution in [0.2, 0.25) is 0 Å². The number of methoxy groups -OCH3 is 1. The molecular weight excluding hydrogens is 546 g/mol. The summed E-state index contributed by atoms with van der Waals surface area (Å²) < 4.78 is 4.63. The Balaban J connectivity index is 1.12. The van der Waals surface area contributed by atoms with E-state index in [1.54, 1.807) is 22.9 Å². The fourth-order valence-electron chi connectivity index (χ4n) is 6.06. The first-order valence-electron chi connectivity index (χ1n) is 14.6. The summed E-state index contributed by atoms with van der Waals surface area (Å²) in [5.74, 6) is 1.41. The molecule has 6 rings (SSSR count). The van der Waals surface area contributed by atoms with Crippen molar-refractivity contribution in [2.75, 3.05) is 20.2 Å². The molecule has 2 aliphatic heterocycles. The number of alkyl carbamates (subject to hydrolysis) is 1. The van der Waals surface area contributed by atoms with Gasteiger partial charge in [-0.1, -0.05) is 48.5 Å². The highest BCUT2D eigenvalue weighted by molar-refractivity contribution is 5.85. The highest BCUT2D eigenvalue weighted by Gasteiger charge is 2.34. The van der Waals surface area contributed by atoms with E-state index in [4.69, 9.17) is 0 Å². The summed E-state index contributed by atoms with van der Waals surface area (Å²) in [4.78, 5) is 55.5. The highest BCUT2D eigenvalue weighted by Crippen LogP contribution is 2.33. The van der Waals surface area contributed by atoms with Crippen molar-refractivity contribution in [2.24, 2.45) is 0 Å². The third-order valence-electron chi connectivity index (χ3n) is 8.40. The van der Waals surface area contributed by atoms with E-state index in [1.807, 2.05) is 6.20 Å². The van der Waals surface area contributed by atoms with Crippen molar-refractivity contribution in [3.8, 4) is 33.6 Å². The summed E-state index contributed by atoms with van der Waals surface area (Å²) in [6.45, 7) is 3.04. The van der Waals surface area contributed by atoms with Crippen molar-refractivity contribution in [3.63, 3.8) is 0 Å². The highest BCUT2D eigenvalue weighted by atomic mass is 16.5. The van der Waals surface area contributed by atoms with Crippen molar-refractivity contribution < 1.29 is 19.1 Å². The number of carbonyl (C=O) groups is 3. The molecule has 43 heavy (non-hydrogen) atoms. The molecule has 0 saturated carbocycles. The molecule has 4 aromatic rings. The van der Waals surface area contributed by atoms with Gasteiger partial charge >= 0.3 is 6.09 Å². The molecule has 222 valence electrons. The molecule has 4 heterocycles. The second-order valence-electron chi connectivity index (χ2n) is 11.1. The van der Waals surface area contributed by atoms with Crippen LogP contribution in [0.3, 0.4) is 0 Å². The van der Waals surface area contributed by atoms with Crippen molar-refractivity contribution in [3.05, 3.63) is 72.6 Å². The predicted molar refractivity (Wildman–Crippen MR) is 160 cm³/mol. The largest absolute Gasteiger partial charge is 0.453 e. The van der Waals surface area contributed by atoms with Gasteiger partial charge in [-0.2, -0.15) is 0 Å². The summed E-state index contributed by atoms with van der Waals surface area (Å²) >= 11 is 0. The molecule has 3 amide bonds. The Hall–Kier alpha value is -4.93. The number of imidazole rings is 2. The summed E-state index contributed by atoms with van der Waals surface area (Å²) in [7, 11) is 1.28. The predicted octanol–water partition coefficient (Wildman–Crippen LogP) is 4.84. The smallest absolute Gasteiger partial charge is 0.407 e. The third kappa shape index (κ3) is 5.75. The van der Waals surface area contributed by atoms with E-state index < -0.39 is 12.1 Å². The Bertz CT molecular complexity index is 1590. The van der Waals surface area contributed by atoms with Crippen LogP contribution in [0.15, 0.2) is 60.9 Å². The number of ether oxygens (including phenoxy) is 1. The molecule has 0 spiro atoms. The molecule has 2 saturated heterocycles. The van der Waals surface area contributed by atoms with Gasteiger partial charge in [0.2, 0.25) is 12.3 Å². The molecule has 0 unspecified atom stereocenters. The first-order valence-corrected chi connectivity index (χ1v) is 14.6. The van der Waals surface area contributed by atoms with Crippen LogP contribution in [0.5, 0.6) is 0 Å². The second-order valence-corrected chi connectivity index (χ2v) is 11.1. The fraction of sp³-hybridized carbons (Fsp3) is 0.344.